The summed E-state index contributed by atoms with van der Waals surface area (Å²) in [5, 5.41) is 9.22. The zero-order valence-corrected chi connectivity index (χ0v) is 33.2. The Morgan fingerprint density at radius 2 is 0.917 bits per heavy atom. The minimum Gasteiger partial charge on any atom is -0.456 e. The molecule has 0 aliphatic rings. The third-order valence-electron chi connectivity index (χ3n) is 11.5. The van der Waals surface area contributed by atoms with Crippen LogP contribution < -0.4 is 0 Å². The SMILES string of the molecule is CC.c1ccc(-c2ccc(-c3nc(-c4ccccc4)nc(-n4c5ccc6ccccc6c5c5cccc(-c6ccc7oc8ccc9ccccc9c8c7c6)c54)n3)cc2)cc1. The van der Waals surface area contributed by atoms with Gasteiger partial charge in [-0.15, -0.1) is 0 Å². The first-order chi connectivity index (χ1) is 29.7. The zero-order valence-electron chi connectivity index (χ0n) is 33.2. The molecule has 0 saturated carbocycles. The molecule has 0 spiro atoms. The van der Waals surface area contributed by atoms with Crippen LogP contribution in [0.3, 0.4) is 0 Å². The Morgan fingerprint density at radius 3 is 1.63 bits per heavy atom. The second-order valence-corrected chi connectivity index (χ2v) is 14.8. The van der Waals surface area contributed by atoms with E-state index in [2.05, 4.69) is 174 Å². The van der Waals surface area contributed by atoms with Crippen molar-refractivity contribution in [1.29, 1.82) is 0 Å². The number of benzene rings is 9. The van der Waals surface area contributed by atoms with Crippen LogP contribution in [0.2, 0.25) is 0 Å². The van der Waals surface area contributed by atoms with Gasteiger partial charge in [0, 0.05) is 38.2 Å². The fraction of sp³-hybridized carbons (Fsp3) is 0.0364. The molecule has 12 aromatic rings. The number of para-hydroxylation sites is 1. The van der Waals surface area contributed by atoms with E-state index < -0.39 is 0 Å². The Hall–Kier alpha value is -7.89. The first-order valence-corrected chi connectivity index (χ1v) is 20.5. The number of aromatic nitrogens is 4. The summed E-state index contributed by atoms with van der Waals surface area (Å²) in [6.45, 7) is 4.00. The lowest BCUT2D eigenvalue weighted by Gasteiger charge is -2.13. The minimum absolute atomic E-state index is 0.555. The molecule has 0 fully saturated rings. The topological polar surface area (TPSA) is 56.7 Å². The number of nitrogens with zero attached hydrogens (tertiary/aromatic N) is 4. The van der Waals surface area contributed by atoms with E-state index in [1.807, 2.05) is 38.1 Å². The maximum absolute atomic E-state index is 6.44. The fourth-order valence-electron chi connectivity index (χ4n) is 8.74. The minimum atomic E-state index is 0.555. The Bertz CT molecular complexity index is 3550. The smallest absolute Gasteiger partial charge is 0.238 e. The van der Waals surface area contributed by atoms with Gasteiger partial charge >= 0.3 is 0 Å². The highest BCUT2D eigenvalue weighted by molar-refractivity contribution is 6.24. The normalized spacial score (nSPS) is 11.5. The molecule has 0 aliphatic carbocycles. The van der Waals surface area contributed by atoms with Gasteiger partial charge in [-0.05, 0) is 62.5 Å². The van der Waals surface area contributed by atoms with E-state index in [1.165, 1.54) is 21.5 Å². The molecule has 12 rings (SSSR count). The lowest BCUT2D eigenvalue weighted by atomic mass is 9.97. The second-order valence-electron chi connectivity index (χ2n) is 14.8. The number of fused-ring (bicyclic) bond motifs is 10. The highest BCUT2D eigenvalue weighted by Crippen LogP contribution is 2.43. The Kier molecular flexibility index (Phi) is 8.52. The van der Waals surface area contributed by atoms with E-state index in [0.717, 1.165) is 77.1 Å². The van der Waals surface area contributed by atoms with Crippen LogP contribution in [0.5, 0.6) is 0 Å². The number of hydrogen-bond donors (Lipinski definition) is 0. The highest BCUT2D eigenvalue weighted by atomic mass is 16.3. The molecule has 3 aromatic heterocycles. The van der Waals surface area contributed by atoms with E-state index in [0.29, 0.717) is 17.6 Å². The van der Waals surface area contributed by atoms with Crippen LogP contribution in [-0.4, -0.2) is 19.5 Å². The monoisotopic (exact) mass is 770 g/mol. The molecule has 0 amide bonds. The molecule has 5 heteroatoms. The summed E-state index contributed by atoms with van der Waals surface area (Å²) in [6, 6.07) is 68.0. The molecule has 3 heterocycles. The summed E-state index contributed by atoms with van der Waals surface area (Å²) in [4.78, 5) is 15.7. The first kappa shape index (κ1) is 35.3. The number of hydrogen-bond acceptors (Lipinski definition) is 4. The molecule has 0 atom stereocenters. The molecule has 0 radical (unpaired) electrons. The van der Waals surface area contributed by atoms with Gasteiger partial charge in [-0.2, -0.15) is 9.97 Å². The van der Waals surface area contributed by atoms with Crippen LogP contribution in [0, 0.1) is 0 Å². The Labute approximate surface area is 346 Å². The first-order valence-electron chi connectivity index (χ1n) is 20.5. The summed E-state index contributed by atoms with van der Waals surface area (Å²) in [5.41, 5.74) is 10.1. The zero-order chi connectivity index (χ0) is 40.2. The van der Waals surface area contributed by atoms with Crippen LogP contribution in [0.15, 0.2) is 199 Å². The van der Waals surface area contributed by atoms with Gasteiger partial charge in [0.2, 0.25) is 5.95 Å². The summed E-state index contributed by atoms with van der Waals surface area (Å²) >= 11 is 0. The lowest BCUT2D eigenvalue weighted by Crippen LogP contribution is -2.07. The average Bonchev–Trinajstić information content (AvgIpc) is 3.89. The standard InChI is InChI=1S/C53H32N4O.C2H6/c1-3-12-33(13-4-1)34-22-24-38(25-23-34)52-54-51(37-16-5-2-6-17-37)55-53(56-52)57-45-29-26-35-14-7-9-18-40(35)48(45)43-21-11-20-42(50(43)57)39-28-30-46-44(32-39)49-41-19-10-8-15-36(41)27-31-47(49)58-46;1-2/h1-32H;1-2H3. The molecule has 0 saturated heterocycles. The van der Waals surface area contributed by atoms with Gasteiger partial charge < -0.3 is 4.42 Å². The maximum atomic E-state index is 6.44. The van der Waals surface area contributed by atoms with Crippen molar-refractivity contribution in [3.63, 3.8) is 0 Å². The maximum Gasteiger partial charge on any atom is 0.238 e. The van der Waals surface area contributed by atoms with Gasteiger partial charge in [0.1, 0.15) is 11.2 Å². The van der Waals surface area contributed by atoms with Gasteiger partial charge in [-0.25, -0.2) is 4.98 Å². The molecular formula is C55H38N4O. The highest BCUT2D eigenvalue weighted by Gasteiger charge is 2.22. The molecule has 0 unspecified atom stereocenters. The predicted molar refractivity (Wildman–Crippen MR) is 250 cm³/mol. The largest absolute Gasteiger partial charge is 0.456 e. The number of furan rings is 1. The average molecular weight is 771 g/mol. The van der Waals surface area contributed by atoms with Crippen molar-refractivity contribution in [3.05, 3.63) is 194 Å². The molecule has 60 heavy (non-hydrogen) atoms. The third kappa shape index (κ3) is 5.74. The van der Waals surface area contributed by atoms with Crippen molar-refractivity contribution >= 4 is 65.3 Å². The van der Waals surface area contributed by atoms with Crippen molar-refractivity contribution in [2.45, 2.75) is 13.8 Å². The van der Waals surface area contributed by atoms with E-state index in [9.17, 15) is 0 Å². The molecular weight excluding hydrogens is 733 g/mol. The summed E-state index contributed by atoms with van der Waals surface area (Å²) in [7, 11) is 0. The molecule has 284 valence electrons. The van der Waals surface area contributed by atoms with E-state index in [4.69, 9.17) is 19.4 Å². The van der Waals surface area contributed by atoms with E-state index >= 15 is 0 Å². The molecule has 9 aromatic carbocycles. The number of rotatable bonds is 5. The Morgan fingerprint density at radius 1 is 0.383 bits per heavy atom. The van der Waals surface area contributed by atoms with Crippen molar-refractivity contribution in [1.82, 2.24) is 19.5 Å². The van der Waals surface area contributed by atoms with Crippen molar-refractivity contribution in [2.75, 3.05) is 0 Å². The molecule has 0 N–H and O–H groups in total. The van der Waals surface area contributed by atoms with E-state index in [1.54, 1.807) is 0 Å². The second kappa shape index (κ2) is 14.5. The molecule has 0 bridgehead atoms. The lowest BCUT2D eigenvalue weighted by molar-refractivity contribution is 0.669. The summed E-state index contributed by atoms with van der Waals surface area (Å²) < 4.78 is 8.68. The van der Waals surface area contributed by atoms with Crippen molar-refractivity contribution in [3.8, 4) is 51.0 Å². The van der Waals surface area contributed by atoms with E-state index in [-0.39, 0.29) is 0 Å². The fourth-order valence-corrected chi connectivity index (χ4v) is 8.74. The van der Waals surface area contributed by atoms with Crippen LogP contribution in [0.25, 0.3) is 116 Å². The van der Waals surface area contributed by atoms with Gasteiger partial charge in [-0.1, -0.05) is 184 Å². The van der Waals surface area contributed by atoms with Crippen LogP contribution >= 0.6 is 0 Å². The van der Waals surface area contributed by atoms with Gasteiger partial charge in [0.05, 0.1) is 11.0 Å². The molecule has 0 aliphatic heterocycles. The van der Waals surface area contributed by atoms with Gasteiger partial charge in [0.25, 0.3) is 0 Å². The quantitative estimate of drug-likeness (QED) is 0.175. The van der Waals surface area contributed by atoms with Crippen molar-refractivity contribution in [2.24, 2.45) is 0 Å². The van der Waals surface area contributed by atoms with Crippen LogP contribution in [-0.2, 0) is 0 Å². The Balaban J connectivity index is 0.00000201. The summed E-state index contributed by atoms with van der Waals surface area (Å²) in [6.07, 6.45) is 0. The van der Waals surface area contributed by atoms with Gasteiger partial charge in [-0.3, -0.25) is 4.57 Å². The summed E-state index contributed by atoms with van der Waals surface area (Å²) in [5.74, 6) is 1.77. The van der Waals surface area contributed by atoms with Gasteiger partial charge in [0.15, 0.2) is 11.6 Å². The van der Waals surface area contributed by atoms with Crippen LogP contribution in [0.1, 0.15) is 13.8 Å². The third-order valence-corrected chi connectivity index (χ3v) is 11.5. The predicted octanol–water partition coefficient (Wildman–Crippen LogP) is 14.9. The van der Waals surface area contributed by atoms with Crippen molar-refractivity contribution < 1.29 is 4.42 Å². The molecule has 5 nitrogen and oxygen atoms in total. The van der Waals surface area contributed by atoms with Crippen LogP contribution in [0.4, 0.5) is 0 Å².